The number of sulfonamides is 1. The van der Waals surface area contributed by atoms with Crippen molar-refractivity contribution < 1.29 is 35.9 Å². The van der Waals surface area contributed by atoms with Gasteiger partial charge in [-0.15, -0.1) is 0 Å². The van der Waals surface area contributed by atoms with Crippen LogP contribution in [-0.4, -0.2) is 61.8 Å². The highest BCUT2D eigenvalue weighted by atomic mass is 32.2. The van der Waals surface area contributed by atoms with Crippen LogP contribution in [0.3, 0.4) is 0 Å². The van der Waals surface area contributed by atoms with Crippen molar-refractivity contribution >= 4 is 33.0 Å². The van der Waals surface area contributed by atoms with E-state index in [1.165, 1.54) is 30.3 Å². The lowest BCUT2D eigenvalue weighted by Crippen LogP contribution is -2.40. The fourth-order valence-corrected chi connectivity index (χ4v) is 5.59. The van der Waals surface area contributed by atoms with E-state index in [2.05, 4.69) is 10.0 Å². The molecule has 1 aromatic heterocycles. The lowest BCUT2D eigenvalue weighted by Gasteiger charge is -2.35. The maximum absolute atomic E-state index is 13.9. The molecule has 0 unspecified atom stereocenters. The van der Waals surface area contributed by atoms with Crippen molar-refractivity contribution in [3.8, 4) is 0 Å². The number of nitrogens with zero attached hydrogens (tertiary/aromatic N) is 2. The third-order valence-electron chi connectivity index (χ3n) is 7.49. The molecule has 2 aromatic rings. The Morgan fingerprint density at radius 3 is 2.41 bits per heavy atom. The number of aliphatic hydroxyl groups is 1. The molecule has 1 spiro atoms. The lowest BCUT2D eigenvalue weighted by atomic mass is 9.93. The number of aromatic nitrogens is 1. The first-order valence-corrected chi connectivity index (χ1v) is 14.1. The van der Waals surface area contributed by atoms with Crippen LogP contribution in [0.2, 0.25) is 0 Å². The number of aliphatic hydroxyl groups excluding tert-OH is 1. The molecule has 14 heteroatoms. The number of hydrogen-bond donors (Lipinski definition) is 3. The summed E-state index contributed by atoms with van der Waals surface area (Å²) in [5.41, 5.74) is -0.470. The van der Waals surface area contributed by atoms with Gasteiger partial charge in [-0.3, -0.25) is 14.3 Å². The smallest absolute Gasteiger partial charge is 0.327 e. The highest BCUT2D eigenvalue weighted by Crippen LogP contribution is 2.54. The van der Waals surface area contributed by atoms with Gasteiger partial charge < -0.3 is 19.9 Å². The number of anilines is 3. The van der Waals surface area contributed by atoms with Gasteiger partial charge >= 0.3 is 12.3 Å². The Balaban J connectivity index is 1.64. The van der Waals surface area contributed by atoms with Crippen molar-refractivity contribution in [1.29, 1.82) is 0 Å². The zero-order chi connectivity index (χ0) is 28.6. The predicted molar refractivity (Wildman–Crippen MR) is 138 cm³/mol. The Hall–Kier alpha value is -3.13. The van der Waals surface area contributed by atoms with Crippen molar-refractivity contribution in [3.05, 3.63) is 52.4 Å². The molecule has 1 atom stereocenters. The molecule has 4 rings (SSSR count). The van der Waals surface area contributed by atoms with E-state index < -0.39 is 52.2 Å². The first-order valence-electron chi connectivity index (χ1n) is 12.5. The Kier molecular flexibility index (Phi) is 7.99. The second kappa shape index (κ2) is 10.8. The molecule has 39 heavy (non-hydrogen) atoms. The number of amides is 1. The first-order chi connectivity index (χ1) is 18.3. The van der Waals surface area contributed by atoms with Gasteiger partial charge in [0, 0.05) is 19.3 Å². The maximum atomic E-state index is 13.9. The van der Waals surface area contributed by atoms with Gasteiger partial charge in [-0.25, -0.2) is 17.2 Å². The topological polar surface area (TPSA) is 121 Å². The van der Waals surface area contributed by atoms with E-state index in [-0.39, 0.29) is 16.9 Å². The van der Waals surface area contributed by atoms with E-state index in [1.54, 1.807) is 0 Å². The van der Waals surface area contributed by atoms with Crippen LogP contribution in [-0.2, 0) is 10.0 Å². The molecule has 1 amide bonds. The standard InChI is InChI=1S/C25H30F4N4O5S/c1-16(25(28,29)23(26)27)33-10-2-3-19(22(33)36)30-21(35)18-5-4-17(31-39(37,38)14-13-34)15-20(18)32-11-8-24(6-7-24)9-12-32/h2-5,10,15-16,23,31,34H,6-9,11-14H2,1H3,(H,30,35)/t16-/m0/s1. The Bertz CT molecular complexity index is 1390. The highest BCUT2D eigenvalue weighted by molar-refractivity contribution is 7.92. The van der Waals surface area contributed by atoms with Crippen molar-refractivity contribution in [2.24, 2.45) is 5.41 Å². The Morgan fingerprint density at radius 2 is 1.82 bits per heavy atom. The molecule has 9 nitrogen and oxygen atoms in total. The lowest BCUT2D eigenvalue weighted by molar-refractivity contribution is -0.156. The number of alkyl halides is 4. The molecule has 2 heterocycles. The van der Waals surface area contributed by atoms with Crippen LogP contribution in [0.25, 0.3) is 0 Å². The summed E-state index contributed by atoms with van der Waals surface area (Å²) in [5.74, 6) is -5.75. The third-order valence-corrected chi connectivity index (χ3v) is 8.75. The average Bonchev–Trinajstić information content (AvgIpc) is 3.63. The molecule has 3 N–H and O–H groups in total. The molecule has 214 valence electrons. The number of piperidine rings is 1. The molecule has 0 bridgehead atoms. The summed E-state index contributed by atoms with van der Waals surface area (Å²) in [6.45, 7) is 1.45. The van der Waals surface area contributed by atoms with E-state index in [0.717, 1.165) is 38.8 Å². The van der Waals surface area contributed by atoms with Crippen LogP contribution >= 0.6 is 0 Å². The predicted octanol–water partition coefficient (Wildman–Crippen LogP) is 3.68. The molecule has 0 radical (unpaired) electrons. The molecule has 1 saturated heterocycles. The normalized spacial score (nSPS) is 17.8. The second-order valence-corrected chi connectivity index (χ2v) is 11.9. The van der Waals surface area contributed by atoms with Gasteiger partial charge in [-0.2, -0.15) is 8.78 Å². The highest BCUT2D eigenvalue weighted by Gasteiger charge is 2.48. The molecule has 1 saturated carbocycles. The van der Waals surface area contributed by atoms with Gasteiger partial charge in [0.2, 0.25) is 10.0 Å². The van der Waals surface area contributed by atoms with Crippen LogP contribution in [0.5, 0.6) is 0 Å². The summed E-state index contributed by atoms with van der Waals surface area (Å²) in [7, 11) is -3.84. The summed E-state index contributed by atoms with van der Waals surface area (Å²) in [4.78, 5) is 28.1. The quantitative estimate of drug-likeness (QED) is 0.373. The van der Waals surface area contributed by atoms with E-state index in [4.69, 9.17) is 5.11 Å². The fraction of sp³-hybridized carbons (Fsp3) is 0.520. The summed E-state index contributed by atoms with van der Waals surface area (Å²) in [6, 6.07) is 4.41. The summed E-state index contributed by atoms with van der Waals surface area (Å²) in [5, 5.41) is 11.4. The Morgan fingerprint density at radius 1 is 1.15 bits per heavy atom. The monoisotopic (exact) mass is 574 g/mol. The molecular formula is C25H30F4N4O5S. The molecular weight excluding hydrogens is 544 g/mol. The van der Waals surface area contributed by atoms with Gasteiger partial charge in [-0.1, -0.05) is 0 Å². The second-order valence-electron chi connectivity index (χ2n) is 10.1. The van der Waals surface area contributed by atoms with Crippen molar-refractivity contribution in [2.75, 3.05) is 40.4 Å². The van der Waals surface area contributed by atoms with Gasteiger partial charge in [0.05, 0.1) is 29.3 Å². The van der Waals surface area contributed by atoms with Gasteiger partial charge in [-0.05, 0) is 68.4 Å². The maximum Gasteiger partial charge on any atom is 0.327 e. The molecule has 1 aliphatic carbocycles. The van der Waals surface area contributed by atoms with E-state index in [1.807, 2.05) is 4.90 Å². The number of carbonyl (C=O) groups is 1. The van der Waals surface area contributed by atoms with Crippen LogP contribution in [0.1, 0.15) is 49.0 Å². The third kappa shape index (κ3) is 6.21. The van der Waals surface area contributed by atoms with Crippen molar-refractivity contribution in [2.45, 2.75) is 51.0 Å². The minimum absolute atomic E-state index is 0.104. The van der Waals surface area contributed by atoms with Crippen molar-refractivity contribution in [1.82, 2.24) is 4.57 Å². The number of nitrogens with one attached hydrogen (secondary N) is 2. The average molecular weight is 575 g/mol. The largest absolute Gasteiger partial charge is 0.395 e. The Labute approximate surface area is 222 Å². The van der Waals surface area contributed by atoms with Crippen LogP contribution in [0.15, 0.2) is 41.3 Å². The van der Waals surface area contributed by atoms with E-state index in [0.29, 0.717) is 28.8 Å². The van der Waals surface area contributed by atoms with E-state index >= 15 is 0 Å². The SMILES string of the molecule is C[C@H](n1cccc(NC(=O)c2ccc(NS(=O)(=O)CCO)cc2N2CCC3(CC2)CC3)c1=O)C(F)(F)C(F)F. The van der Waals surface area contributed by atoms with Crippen LogP contribution < -0.4 is 20.5 Å². The minimum atomic E-state index is -4.48. The fourth-order valence-electron chi connectivity index (χ4n) is 4.77. The number of hydrogen-bond acceptors (Lipinski definition) is 6. The molecule has 1 aromatic carbocycles. The van der Waals surface area contributed by atoms with Gasteiger partial charge in [0.25, 0.3) is 11.5 Å². The molecule has 2 aliphatic rings. The molecule has 2 fully saturated rings. The van der Waals surface area contributed by atoms with Gasteiger partial charge in [0.15, 0.2) is 0 Å². The number of benzene rings is 1. The van der Waals surface area contributed by atoms with Crippen molar-refractivity contribution in [3.63, 3.8) is 0 Å². The minimum Gasteiger partial charge on any atom is -0.395 e. The van der Waals surface area contributed by atoms with Crippen LogP contribution in [0.4, 0.5) is 34.6 Å². The zero-order valence-corrected chi connectivity index (χ0v) is 22.0. The van der Waals surface area contributed by atoms with Crippen LogP contribution in [0, 0.1) is 5.41 Å². The number of carbonyl (C=O) groups excluding carboxylic acids is 1. The first kappa shape index (κ1) is 28.9. The number of rotatable bonds is 10. The van der Waals surface area contributed by atoms with E-state index in [9.17, 15) is 35.6 Å². The summed E-state index contributed by atoms with van der Waals surface area (Å²) >= 11 is 0. The summed E-state index contributed by atoms with van der Waals surface area (Å²) < 4.78 is 80.7. The number of halogens is 4. The zero-order valence-electron chi connectivity index (χ0n) is 21.2. The number of pyridine rings is 1. The molecule has 1 aliphatic heterocycles. The van der Waals surface area contributed by atoms with Gasteiger partial charge in [0.1, 0.15) is 11.7 Å². The summed E-state index contributed by atoms with van der Waals surface area (Å²) in [6.07, 6.45) is 1.02.